The molecule has 8 heteroatoms. The third kappa shape index (κ3) is 2.93. The Hall–Kier alpha value is -2.25. The normalized spacial score (nSPS) is 11.0. The quantitative estimate of drug-likeness (QED) is 0.694. The highest BCUT2D eigenvalue weighted by molar-refractivity contribution is 6.28. The van der Waals surface area contributed by atoms with E-state index in [9.17, 15) is 0 Å². The summed E-state index contributed by atoms with van der Waals surface area (Å²) < 4.78 is 1.60. The van der Waals surface area contributed by atoms with Gasteiger partial charge in [-0.1, -0.05) is 0 Å². The fourth-order valence-corrected chi connectivity index (χ4v) is 2.17. The molecule has 0 aromatic carbocycles. The Kier molecular flexibility index (Phi) is 3.94. The molecule has 108 valence electrons. The van der Waals surface area contributed by atoms with Gasteiger partial charge in [-0.3, -0.25) is 4.98 Å². The summed E-state index contributed by atoms with van der Waals surface area (Å²) in [6.45, 7) is 0.939. The first kappa shape index (κ1) is 13.7. The van der Waals surface area contributed by atoms with Crippen molar-refractivity contribution < 1.29 is 5.11 Å². The van der Waals surface area contributed by atoms with Gasteiger partial charge in [-0.15, -0.1) is 0 Å². The SMILES string of the molecule is OCCn1ncc2c(NCc3ccncc3)nc(Cl)nc21. The number of pyridine rings is 1. The van der Waals surface area contributed by atoms with Crippen molar-refractivity contribution in [3.8, 4) is 0 Å². The highest BCUT2D eigenvalue weighted by Crippen LogP contribution is 2.22. The predicted molar refractivity (Wildman–Crippen MR) is 79.0 cm³/mol. The topological polar surface area (TPSA) is 88.8 Å². The lowest BCUT2D eigenvalue weighted by Crippen LogP contribution is -2.06. The summed E-state index contributed by atoms with van der Waals surface area (Å²) in [5.41, 5.74) is 1.68. The van der Waals surface area contributed by atoms with Crippen LogP contribution < -0.4 is 5.32 Å². The molecule has 2 N–H and O–H groups in total. The van der Waals surface area contributed by atoms with E-state index >= 15 is 0 Å². The van der Waals surface area contributed by atoms with Gasteiger partial charge in [-0.05, 0) is 29.3 Å². The number of hydrogen-bond donors (Lipinski definition) is 2. The zero-order chi connectivity index (χ0) is 14.7. The van der Waals surface area contributed by atoms with Crippen LogP contribution in [0.1, 0.15) is 5.56 Å². The van der Waals surface area contributed by atoms with Crippen LogP contribution in [0.4, 0.5) is 5.82 Å². The van der Waals surface area contributed by atoms with Gasteiger partial charge in [0.25, 0.3) is 0 Å². The molecule has 3 aromatic rings. The van der Waals surface area contributed by atoms with Crippen molar-refractivity contribution in [1.29, 1.82) is 0 Å². The molecule has 3 rings (SSSR count). The first-order valence-electron chi connectivity index (χ1n) is 6.40. The van der Waals surface area contributed by atoms with Crippen molar-refractivity contribution in [1.82, 2.24) is 24.7 Å². The van der Waals surface area contributed by atoms with Crippen molar-refractivity contribution in [2.24, 2.45) is 0 Å². The van der Waals surface area contributed by atoms with Crippen LogP contribution in [0.5, 0.6) is 0 Å². The lowest BCUT2D eigenvalue weighted by atomic mass is 10.2. The lowest BCUT2D eigenvalue weighted by molar-refractivity contribution is 0.271. The molecule has 0 radical (unpaired) electrons. The van der Waals surface area contributed by atoms with E-state index in [2.05, 4.69) is 25.4 Å². The Bertz CT molecular complexity index is 745. The number of nitrogens with zero attached hydrogens (tertiary/aromatic N) is 5. The minimum atomic E-state index is -0.0157. The summed E-state index contributed by atoms with van der Waals surface area (Å²) in [5, 5.41) is 17.3. The van der Waals surface area contributed by atoms with Gasteiger partial charge in [0.2, 0.25) is 5.28 Å². The summed E-state index contributed by atoms with van der Waals surface area (Å²) in [4.78, 5) is 12.3. The van der Waals surface area contributed by atoms with Crippen molar-refractivity contribution in [3.05, 3.63) is 41.6 Å². The summed E-state index contributed by atoms with van der Waals surface area (Å²) in [6.07, 6.45) is 5.13. The molecular formula is C13H13ClN6O. The summed E-state index contributed by atoms with van der Waals surface area (Å²) >= 11 is 5.96. The number of anilines is 1. The van der Waals surface area contributed by atoms with Crippen molar-refractivity contribution in [2.75, 3.05) is 11.9 Å². The van der Waals surface area contributed by atoms with Gasteiger partial charge in [0.15, 0.2) is 5.65 Å². The van der Waals surface area contributed by atoms with Crippen molar-refractivity contribution >= 4 is 28.5 Å². The van der Waals surface area contributed by atoms with E-state index in [0.29, 0.717) is 24.6 Å². The van der Waals surface area contributed by atoms with Crippen LogP contribution in [0.2, 0.25) is 5.28 Å². The molecule has 0 amide bonds. The van der Waals surface area contributed by atoms with E-state index in [0.717, 1.165) is 10.9 Å². The van der Waals surface area contributed by atoms with Gasteiger partial charge >= 0.3 is 0 Å². The van der Waals surface area contributed by atoms with Crippen molar-refractivity contribution in [3.63, 3.8) is 0 Å². The second kappa shape index (κ2) is 6.02. The second-order valence-electron chi connectivity index (χ2n) is 4.38. The first-order valence-corrected chi connectivity index (χ1v) is 6.78. The maximum Gasteiger partial charge on any atom is 0.226 e. The number of rotatable bonds is 5. The minimum Gasteiger partial charge on any atom is -0.394 e. The zero-order valence-electron chi connectivity index (χ0n) is 11.1. The molecule has 7 nitrogen and oxygen atoms in total. The molecule has 3 aromatic heterocycles. The lowest BCUT2D eigenvalue weighted by Gasteiger charge is -2.07. The average molecular weight is 305 g/mol. The smallest absolute Gasteiger partial charge is 0.226 e. The molecule has 0 saturated carbocycles. The molecule has 0 fully saturated rings. The minimum absolute atomic E-state index is 0.0157. The van der Waals surface area contributed by atoms with Gasteiger partial charge in [-0.2, -0.15) is 15.1 Å². The molecule has 0 atom stereocenters. The summed E-state index contributed by atoms with van der Waals surface area (Å²) in [5.74, 6) is 0.617. The Morgan fingerprint density at radius 2 is 2.05 bits per heavy atom. The van der Waals surface area contributed by atoms with E-state index < -0.39 is 0 Å². The zero-order valence-corrected chi connectivity index (χ0v) is 11.8. The average Bonchev–Trinajstić information content (AvgIpc) is 2.89. The highest BCUT2D eigenvalue weighted by atomic mass is 35.5. The van der Waals surface area contributed by atoms with E-state index in [-0.39, 0.29) is 11.9 Å². The molecule has 0 aliphatic carbocycles. The van der Waals surface area contributed by atoms with Crippen LogP contribution in [-0.2, 0) is 13.1 Å². The maximum absolute atomic E-state index is 9.03. The Morgan fingerprint density at radius 1 is 1.24 bits per heavy atom. The van der Waals surface area contributed by atoms with E-state index in [4.69, 9.17) is 16.7 Å². The Balaban J connectivity index is 1.91. The van der Waals surface area contributed by atoms with Crippen LogP contribution >= 0.6 is 11.6 Å². The predicted octanol–water partition coefficient (Wildman–Crippen LogP) is 1.48. The second-order valence-corrected chi connectivity index (χ2v) is 4.72. The van der Waals surface area contributed by atoms with Crippen LogP contribution in [0.15, 0.2) is 30.7 Å². The van der Waals surface area contributed by atoms with E-state index in [1.54, 1.807) is 23.3 Å². The van der Waals surface area contributed by atoms with Crippen LogP contribution in [0.3, 0.4) is 0 Å². The number of fused-ring (bicyclic) bond motifs is 1. The monoisotopic (exact) mass is 304 g/mol. The van der Waals surface area contributed by atoms with E-state index in [1.807, 2.05) is 12.1 Å². The molecular weight excluding hydrogens is 292 g/mol. The van der Waals surface area contributed by atoms with Gasteiger partial charge in [-0.25, -0.2) is 4.68 Å². The number of aromatic nitrogens is 5. The molecule has 3 heterocycles. The third-order valence-corrected chi connectivity index (χ3v) is 3.16. The van der Waals surface area contributed by atoms with Crippen LogP contribution in [0.25, 0.3) is 11.0 Å². The number of halogens is 1. The molecule has 0 aliphatic rings. The van der Waals surface area contributed by atoms with Crippen LogP contribution in [0, 0.1) is 0 Å². The first-order chi connectivity index (χ1) is 10.3. The van der Waals surface area contributed by atoms with Gasteiger partial charge < -0.3 is 10.4 Å². The molecule has 0 bridgehead atoms. The Morgan fingerprint density at radius 3 is 2.81 bits per heavy atom. The summed E-state index contributed by atoms with van der Waals surface area (Å²) in [7, 11) is 0. The van der Waals surface area contributed by atoms with Crippen molar-refractivity contribution in [2.45, 2.75) is 13.1 Å². The molecule has 0 unspecified atom stereocenters. The molecule has 0 aliphatic heterocycles. The fraction of sp³-hybridized carbons (Fsp3) is 0.231. The molecule has 0 saturated heterocycles. The molecule has 0 spiro atoms. The van der Waals surface area contributed by atoms with E-state index in [1.165, 1.54) is 0 Å². The van der Waals surface area contributed by atoms with Gasteiger partial charge in [0.05, 0.1) is 24.7 Å². The number of aliphatic hydroxyl groups is 1. The standard InChI is InChI=1S/C13H13ClN6O/c14-13-18-11(16-7-9-1-3-15-4-2-9)10-8-17-20(5-6-21)12(10)19-13/h1-4,8,21H,5-7H2,(H,16,18,19). The third-order valence-electron chi connectivity index (χ3n) is 2.99. The fourth-order valence-electron chi connectivity index (χ4n) is 2.01. The summed E-state index contributed by atoms with van der Waals surface area (Å²) in [6, 6.07) is 3.84. The number of hydrogen-bond acceptors (Lipinski definition) is 6. The maximum atomic E-state index is 9.03. The van der Waals surface area contributed by atoms with Crippen LogP contribution in [-0.4, -0.2) is 36.4 Å². The van der Waals surface area contributed by atoms with Gasteiger partial charge in [0, 0.05) is 18.9 Å². The van der Waals surface area contributed by atoms with Gasteiger partial charge in [0.1, 0.15) is 5.82 Å². The number of nitrogens with one attached hydrogen (secondary N) is 1. The number of aliphatic hydroxyl groups excluding tert-OH is 1. The Labute approximate surface area is 125 Å². The molecule has 21 heavy (non-hydrogen) atoms. The largest absolute Gasteiger partial charge is 0.394 e. The highest BCUT2D eigenvalue weighted by Gasteiger charge is 2.11.